The predicted octanol–water partition coefficient (Wildman–Crippen LogP) is -0.143. The van der Waals surface area contributed by atoms with Crippen molar-refractivity contribution in [1.82, 2.24) is 29.1 Å². The number of nitrogens with two attached hydrogens (primary N) is 1. The molecule has 3 aromatic heterocycles. The number of fused-ring (bicyclic) bond motifs is 1. The zero-order valence-corrected chi connectivity index (χ0v) is 27.7. The summed E-state index contributed by atoms with van der Waals surface area (Å²) in [5.41, 5.74) is 3.62. The lowest BCUT2D eigenvalue weighted by Crippen LogP contribution is -2.40. The minimum Gasteiger partial charge on any atom is -0.387 e. The van der Waals surface area contributed by atoms with Gasteiger partial charge in [-0.05, 0) is 0 Å². The Hall–Kier alpha value is -3.63. The number of hydrogen-bond donors (Lipinski definition) is 5. The number of aliphatic hydroxyl groups is 2. The van der Waals surface area contributed by atoms with Gasteiger partial charge in [0.1, 0.15) is 48.3 Å². The molecule has 27 heteroatoms. The molecule has 51 heavy (non-hydrogen) atoms. The van der Waals surface area contributed by atoms with Gasteiger partial charge in [0.2, 0.25) is 0 Å². The maximum Gasteiger partial charge on any atom is 0.474 e. The molecule has 0 aromatic carbocycles. The number of ether oxygens (including phenoxy) is 2. The smallest absolute Gasteiger partial charge is 0.387 e. The molecule has 6 unspecified atom stereocenters. The molecule has 10 atom stereocenters. The van der Waals surface area contributed by atoms with Crippen LogP contribution in [-0.4, -0.2) is 108 Å². The monoisotopic (exact) mass is 772 g/mol. The fraction of sp³-hybridized carbons (Fsp3) is 0.583. The Morgan fingerprint density at radius 3 is 2.43 bits per heavy atom. The second-order valence-corrected chi connectivity index (χ2v) is 14.0. The topological polar surface area (TPSA) is 308 Å². The summed E-state index contributed by atoms with van der Waals surface area (Å²) in [5, 5.41) is 29.6. The van der Waals surface area contributed by atoms with Crippen molar-refractivity contribution in [3.63, 3.8) is 0 Å². The molecule has 280 valence electrons. The van der Waals surface area contributed by atoms with Gasteiger partial charge in [-0.1, -0.05) is 0 Å². The Morgan fingerprint density at radius 1 is 1.06 bits per heavy atom. The van der Waals surface area contributed by atoms with Crippen LogP contribution < -0.4 is 17.0 Å². The van der Waals surface area contributed by atoms with E-state index in [1.54, 1.807) is 6.07 Å². The highest BCUT2D eigenvalue weighted by Crippen LogP contribution is 2.56. The number of nitrogens with zero attached hydrogens (tertiary/aromatic N) is 6. The first-order valence-electron chi connectivity index (χ1n) is 14.4. The van der Waals surface area contributed by atoms with Crippen molar-refractivity contribution in [2.75, 3.05) is 32.7 Å². The zero-order valence-electron chi connectivity index (χ0n) is 25.9. The lowest BCUT2D eigenvalue weighted by molar-refractivity contribution is -0.209. The lowest BCUT2D eigenvalue weighted by atomic mass is 9.99. The maximum absolute atomic E-state index is 14.8. The molecule has 5 rings (SSSR count). The number of nitrogens with one attached hydrogen (secondary N) is 1. The van der Waals surface area contributed by atoms with Gasteiger partial charge >= 0.3 is 27.5 Å². The van der Waals surface area contributed by atoms with Gasteiger partial charge < -0.3 is 30.3 Å². The number of imidazole rings is 1. The molecular formula is C24H29F3N8O14P2. The Kier molecular flexibility index (Phi) is 11.5. The van der Waals surface area contributed by atoms with Crippen LogP contribution >= 0.6 is 15.6 Å². The molecule has 0 radical (unpaired) electrons. The molecule has 6 N–H and O–H groups in total. The van der Waals surface area contributed by atoms with Crippen LogP contribution in [0.4, 0.5) is 19.0 Å². The summed E-state index contributed by atoms with van der Waals surface area (Å²) in [7, 11) is -9.24. The Balaban J connectivity index is 1.41. The largest absolute Gasteiger partial charge is 0.474 e. The number of halogens is 3. The zero-order chi connectivity index (χ0) is 37.3. The van der Waals surface area contributed by atoms with Gasteiger partial charge in [0, 0.05) is 19.4 Å². The molecule has 2 aliphatic heterocycles. The molecule has 0 amide bonds. The van der Waals surface area contributed by atoms with Crippen LogP contribution in [0.25, 0.3) is 11.2 Å². The third kappa shape index (κ3) is 8.38. The van der Waals surface area contributed by atoms with Gasteiger partial charge in [-0.2, -0.15) is 18.4 Å². The van der Waals surface area contributed by atoms with Crippen molar-refractivity contribution < 1.29 is 69.5 Å². The summed E-state index contributed by atoms with van der Waals surface area (Å²) < 4.78 is 108. The van der Waals surface area contributed by atoms with E-state index in [-0.39, 0.29) is 23.4 Å². The second-order valence-electron chi connectivity index (χ2n) is 10.8. The summed E-state index contributed by atoms with van der Waals surface area (Å²) in [6, 6.07) is 2.63. The van der Waals surface area contributed by atoms with Crippen molar-refractivity contribution in [2.45, 2.75) is 55.6 Å². The average Bonchev–Trinajstić information content (AvgIpc) is 3.73. The van der Waals surface area contributed by atoms with Gasteiger partial charge in [0.05, 0.1) is 38.6 Å². The van der Waals surface area contributed by atoms with Crippen molar-refractivity contribution in [3.05, 3.63) is 45.8 Å². The van der Waals surface area contributed by atoms with E-state index < -0.39 is 102 Å². The fourth-order valence-electron chi connectivity index (χ4n) is 5.23. The summed E-state index contributed by atoms with van der Waals surface area (Å²) in [4.78, 5) is 47.7. The Labute approximate surface area is 282 Å². The second kappa shape index (κ2) is 15.2. The highest BCUT2D eigenvalue weighted by atomic mass is 31.2. The number of aromatic nitrogens is 6. The molecular weight excluding hydrogens is 743 g/mol. The number of phosphoric acid groups is 2. The van der Waals surface area contributed by atoms with Gasteiger partial charge in [-0.15, -0.1) is 0 Å². The SMILES string of the molecule is COP(=O)(OCCC#N)OC[C@H]1O[C@@H](n2cnc3c(N)ncnc32)C(C(F)(F)F)C1OP(=O)(O)OC[C@H]1O[C@@H](n2ccc(=O)[nH]c2=O)C(O)C1O. The molecule has 3 aromatic rings. The quantitative estimate of drug-likeness (QED) is 0.105. The van der Waals surface area contributed by atoms with E-state index in [2.05, 4.69) is 15.0 Å². The van der Waals surface area contributed by atoms with Crippen molar-refractivity contribution >= 4 is 32.6 Å². The molecule has 0 spiro atoms. The molecule has 2 aliphatic rings. The number of rotatable bonds is 14. The lowest BCUT2D eigenvalue weighted by Gasteiger charge is -2.28. The minimum absolute atomic E-state index is 0.107. The molecule has 0 saturated carbocycles. The number of phosphoric ester groups is 2. The minimum atomic E-state index is -5.61. The first-order valence-corrected chi connectivity index (χ1v) is 17.4. The number of aliphatic hydroxyl groups excluding tert-OH is 2. The summed E-state index contributed by atoms with van der Waals surface area (Å²) in [5.74, 6) is -3.00. The van der Waals surface area contributed by atoms with Crippen LogP contribution in [0.15, 0.2) is 34.5 Å². The first kappa shape index (κ1) is 38.6. The van der Waals surface area contributed by atoms with Gasteiger partial charge in [-0.25, -0.2) is 28.9 Å². The number of nitrogen functional groups attached to an aromatic ring is 1. The van der Waals surface area contributed by atoms with Crippen molar-refractivity contribution in [2.24, 2.45) is 5.92 Å². The number of anilines is 1. The molecule has 5 heterocycles. The number of hydrogen-bond acceptors (Lipinski definition) is 18. The summed E-state index contributed by atoms with van der Waals surface area (Å²) in [6.07, 6.45) is -16.3. The van der Waals surface area contributed by atoms with Gasteiger partial charge in [-0.3, -0.25) is 41.5 Å². The highest BCUT2D eigenvalue weighted by Gasteiger charge is 2.61. The van der Waals surface area contributed by atoms with E-state index in [4.69, 9.17) is 43.1 Å². The average molecular weight is 772 g/mol. The molecule has 22 nitrogen and oxygen atoms in total. The highest BCUT2D eigenvalue weighted by molar-refractivity contribution is 7.48. The van der Waals surface area contributed by atoms with Crippen LogP contribution in [0.2, 0.25) is 0 Å². The number of nitriles is 1. The van der Waals surface area contributed by atoms with Crippen LogP contribution in [0.5, 0.6) is 0 Å². The first-order chi connectivity index (χ1) is 24.0. The number of aromatic amines is 1. The van der Waals surface area contributed by atoms with E-state index in [1.807, 2.05) is 4.98 Å². The van der Waals surface area contributed by atoms with E-state index in [1.165, 1.54) is 0 Å². The van der Waals surface area contributed by atoms with E-state index in [0.29, 0.717) is 4.57 Å². The third-order valence-electron chi connectivity index (χ3n) is 7.58. The third-order valence-corrected chi connectivity index (χ3v) is 9.98. The Bertz CT molecular complexity index is 1970. The normalized spacial score (nSPS) is 29.1. The summed E-state index contributed by atoms with van der Waals surface area (Å²) in [6.45, 7) is -2.60. The van der Waals surface area contributed by atoms with Crippen molar-refractivity contribution in [1.29, 1.82) is 5.26 Å². The van der Waals surface area contributed by atoms with E-state index >= 15 is 0 Å². The van der Waals surface area contributed by atoms with E-state index in [9.17, 15) is 47.0 Å². The fourth-order valence-corrected chi connectivity index (χ4v) is 7.13. The maximum atomic E-state index is 14.8. The number of H-pyrrole nitrogens is 1. The molecule has 2 fully saturated rings. The van der Waals surface area contributed by atoms with Crippen LogP contribution in [-0.2, 0) is 41.2 Å². The molecule has 2 saturated heterocycles. The van der Waals surface area contributed by atoms with Crippen LogP contribution in [0, 0.1) is 17.2 Å². The van der Waals surface area contributed by atoms with Gasteiger partial charge in [0.25, 0.3) is 5.56 Å². The number of alkyl halides is 3. The summed E-state index contributed by atoms with van der Waals surface area (Å²) >= 11 is 0. The van der Waals surface area contributed by atoms with Crippen LogP contribution in [0.1, 0.15) is 18.9 Å². The predicted molar refractivity (Wildman–Crippen MR) is 158 cm³/mol. The van der Waals surface area contributed by atoms with Crippen LogP contribution in [0.3, 0.4) is 0 Å². The molecule has 0 aliphatic carbocycles. The van der Waals surface area contributed by atoms with Gasteiger partial charge in [0.15, 0.2) is 23.9 Å². The Morgan fingerprint density at radius 2 is 1.76 bits per heavy atom. The van der Waals surface area contributed by atoms with Crippen molar-refractivity contribution in [3.8, 4) is 6.07 Å². The standard InChI is InChI=1S/C24H29F3N8O14P2/c1-43-51(42,44-6-2-4-28)46-8-12-18(14(24(25,26)27)21(48-12)35-10-32-15-19(29)30-9-31-20(15)35)49-50(40,41)45-7-11-16(37)17(38)22(47-11)34-5-3-13(36)33-23(34)39/h3,5,9-12,14,16-18,21-22,37-38H,2,6-8H2,1H3,(H,40,41)(H2,29,30,31)(H,33,36,39)/t11-,12-,14?,16?,17?,18?,21-,22-,51?/m1/s1. The molecule has 0 bridgehead atoms. The van der Waals surface area contributed by atoms with E-state index in [0.717, 1.165) is 36.6 Å².